The lowest BCUT2D eigenvalue weighted by molar-refractivity contribution is 0.0684. The molecule has 30 heavy (non-hydrogen) atoms. The van der Waals surface area contributed by atoms with E-state index >= 15 is 0 Å². The summed E-state index contributed by atoms with van der Waals surface area (Å²) in [6.07, 6.45) is 3.04. The van der Waals surface area contributed by atoms with Crippen molar-refractivity contribution in [3.8, 4) is 11.5 Å². The van der Waals surface area contributed by atoms with Crippen LogP contribution in [0.5, 0.6) is 0 Å². The Morgan fingerprint density at radius 1 is 1.13 bits per heavy atom. The molecule has 1 aromatic carbocycles. The Balaban J connectivity index is 1.54. The number of hydrogen-bond acceptors (Lipinski definition) is 7. The number of nitrogens with zero attached hydrogens (tertiary/aromatic N) is 3. The third-order valence-electron chi connectivity index (χ3n) is 5.06. The van der Waals surface area contributed by atoms with E-state index in [1.807, 2.05) is 32.0 Å². The molecule has 2 aromatic heterocycles. The number of thiophene rings is 1. The van der Waals surface area contributed by atoms with E-state index in [4.69, 9.17) is 4.42 Å². The van der Waals surface area contributed by atoms with Gasteiger partial charge in [-0.25, -0.2) is 8.42 Å². The molecule has 1 amide bonds. The molecule has 3 aromatic rings. The number of carbonyl (C=O) groups is 1. The lowest BCUT2D eigenvalue weighted by Gasteiger charge is -2.24. The van der Waals surface area contributed by atoms with Crippen molar-refractivity contribution in [1.82, 2.24) is 15.1 Å². The molecule has 1 aliphatic rings. The highest BCUT2D eigenvalue weighted by Gasteiger charge is 2.25. The van der Waals surface area contributed by atoms with E-state index in [9.17, 15) is 13.2 Å². The molecule has 0 atom stereocenters. The molecule has 1 fully saturated rings. The highest BCUT2D eigenvalue weighted by Crippen LogP contribution is 2.30. The molecule has 0 radical (unpaired) electrons. The molecular weight excluding hydrogens is 424 g/mol. The number of nitrogens with one attached hydrogen (secondary N) is 1. The van der Waals surface area contributed by atoms with Crippen molar-refractivity contribution < 1.29 is 17.6 Å². The molecule has 0 spiro atoms. The molecule has 10 heteroatoms. The van der Waals surface area contributed by atoms with Gasteiger partial charge in [-0.2, -0.15) is 0 Å². The molecule has 1 aliphatic heterocycles. The fourth-order valence-corrected chi connectivity index (χ4v) is 5.74. The number of sulfonamides is 1. The maximum Gasteiger partial charge on any atom is 0.311 e. The number of benzene rings is 1. The Kier molecular flexibility index (Phi) is 5.61. The Morgan fingerprint density at radius 3 is 2.53 bits per heavy atom. The quantitative estimate of drug-likeness (QED) is 0.638. The van der Waals surface area contributed by atoms with E-state index < -0.39 is 10.0 Å². The summed E-state index contributed by atoms with van der Waals surface area (Å²) in [5, 5.41) is 9.43. The third-order valence-corrected chi connectivity index (χ3v) is 7.85. The Hall–Kier alpha value is -2.72. The first kappa shape index (κ1) is 20.5. The standard InChI is InChI=1S/C20H22N4O4S2/c1-13-7-6-8-14(2)17(13)23-30(26,27)16-11-15(12-29-16)18-21-22-19(28-18)20(25)24-9-4-3-5-10-24/h6-8,11-12,23H,3-5,9-10H2,1-2H3. The number of piperidine rings is 1. The molecule has 0 saturated carbocycles. The SMILES string of the molecule is Cc1cccc(C)c1NS(=O)(=O)c1cc(-c2nnc(C(=O)N3CCCCC3)o2)cs1. The van der Waals surface area contributed by atoms with Crippen molar-refractivity contribution in [1.29, 1.82) is 0 Å². The number of para-hydroxylation sites is 1. The second-order valence-electron chi connectivity index (χ2n) is 7.29. The summed E-state index contributed by atoms with van der Waals surface area (Å²) in [6.45, 7) is 5.07. The van der Waals surface area contributed by atoms with Crippen LogP contribution in [0, 0.1) is 13.8 Å². The maximum atomic E-state index is 12.8. The summed E-state index contributed by atoms with van der Waals surface area (Å²) in [6, 6.07) is 7.06. The summed E-state index contributed by atoms with van der Waals surface area (Å²) >= 11 is 1.05. The summed E-state index contributed by atoms with van der Waals surface area (Å²) < 4.78 is 34.0. The van der Waals surface area contributed by atoms with Crippen LogP contribution in [-0.4, -0.2) is 42.5 Å². The Morgan fingerprint density at radius 2 is 1.83 bits per heavy atom. The van der Waals surface area contributed by atoms with Gasteiger partial charge < -0.3 is 9.32 Å². The molecule has 3 heterocycles. The Bertz CT molecular complexity index is 1160. The van der Waals surface area contributed by atoms with Gasteiger partial charge in [0.1, 0.15) is 4.21 Å². The molecule has 8 nitrogen and oxygen atoms in total. The van der Waals surface area contributed by atoms with Gasteiger partial charge >= 0.3 is 11.8 Å². The van der Waals surface area contributed by atoms with E-state index in [2.05, 4.69) is 14.9 Å². The topological polar surface area (TPSA) is 105 Å². The number of hydrogen-bond donors (Lipinski definition) is 1. The van der Waals surface area contributed by atoms with Crippen LogP contribution in [0.3, 0.4) is 0 Å². The van der Waals surface area contributed by atoms with Crippen molar-refractivity contribution >= 4 is 33.0 Å². The number of aryl methyl sites for hydroxylation is 2. The van der Waals surface area contributed by atoms with Crippen molar-refractivity contribution in [2.24, 2.45) is 0 Å². The monoisotopic (exact) mass is 446 g/mol. The third kappa shape index (κ3) is 4.10. The van der Waals surface area contributed by atoms with Crippen LogP contribution in [0.25, 0.3) is 11.5 Å². The number of anilines is 1. The van der Waals surface area contributed by atoms with Gasteiger partial charge in [-0.05, 0) is 50.3 Å². The molecule has 0 aliphatic carbocycles. The maximum absolute atomic E-state index is 12.8. The molecule has 1 saturated heterocycles. The average molecular weight is 447 g/mol. The molecular formula is C20H22N4O4S2. The van der Waals surface area contributed by atoms with E-state index in [0.717, 1.165) is 41.7 Å². The highest BCUT2D eigenvalue weighted by atomic mass is 32.2. The largest absolute Gasteiger partial charge is 0.412 e. The van der Waals surface area contributed by atoms with Crippen molar-refractivity contribution in [2.45, 2.75) is 37.3 Å². The van der Waals surface area contributed by atoms with Gasteiger partial charge in [0.2, 0.25) is 5.89 Å². The summed E-state index contributed by atoms with van der Waals surface area (Å²) in [5.74, 6) is -0.232. The molecule has 1 N–H and O–H groups in total. The minimum Gasteiger partial charge on any atom is -0.412 e. The van der Waals surface area contributed by atoms with Gasteiger partial charge in [0.05, 0.1) is 11.3 Å². The van der Waals surface area contributed by atoms with E-state index in [-0.39, 0.29) is 21.9 Å². The van der Waals surface area contributed by atoms with E-state index in [1.165, 1.54) is 6.07 Å². The predicted molar refractivity (Wildman–Crippen MR) is 114 cm³/mol. The molecule has 0 bridgehead atoms. The summed E-state index contributed by atoms with van der Waals surface area (Å²) in [7, 11) is -3.77. The summed E-state index contributed by atoms with van der Waals surface area (Å²) in [5.41, 5.74) is 2.72. The van der Waals surface area contributed by atoms with Crippen LogP contribution >= 0.6 is 11.3 Å². The fraction of sp³-hybridized carbons (Fsp3) is 0.350. The minimum atomic E-state index is -3.77. The van der Waals surface area contributed by atoms with Crippen molar-refractivity contribution in [3.63, 3.8) is 0 Å². The Labute approximate surface area is 179 Å². The van der Waals surface area contributed by atoms with Crippen LogP contribution < -0.4 is 4.72 Å². The lowest BCUT2D eigenvalue weighted by Crippen LogP contribution is -2.35. The van der Waals surface area contributed by atoms with Gasteiger partial charge in [0, 0.05) is 18.5 Å². The van der Waals surface area contributed by atoms with Gasteiger partial charge in [0.15, 0.2) is 0 Å². The highest BCUT2D eigenvalue weighted by molar-refractivity contribution is 7.94. The molecule has 0 unspecified atom stereocenters. The smallest absolute Gasteiger partial charge is 0.311 e. The predicted octanol–water partition coefficient (Wildman–Crippen LogP) is 3.84. The fourth-order valence-electron chi connectivity index (χ4n) is 3.39. The number of aromatic nitrogens is 2. The van der Waals surface area contributed by atoms with Crippen LogP contribution in [0.4, 0.5) is 5.69 Å². The van der Waals surface area contributed by atoms with Gasteiger partial charge in [-0.1, -0.05) is 18.2 Å². The van der Waals surface area contributed by atoms with Gasteiger partial charge in [-0.15, -0.1) is 21.5 Å². The zero-order chi connectivity index (χ0) is 21.3. The van der Waals surface area contributed by atoms with Crippen LogP contribution in [-0.2, 0) is 10.0 Å². The lowest BCUT2D eigenvalue weighted by atomic mass is 10.1. The van der Waals surface area contributed by atoms with Crippen molar-refractivity contribution in [3.05, 3.63) is 46.7 Å². The molecule has 4 rings (SSSR count). The summed E-state index contributed by atoms with van der Waals surface area (Å²) in [4.78, 5) is 14.2. The first-order valence-corrected chi connectivity index (χ1v) is 12.0. The number of amides is 1. The first-order chi connectivity index (χ1) is 14.3. The normalized spacial score (nSPS) is 14.7. The van der Waals surface area contributed by atoms with Crippen LogP contribution in [0.15, 0.2) is 38.3 Å². The number of carbonyl (C=O) groups excluding carboxylic acids is 1. The number of rotatable bonds is 5. The minimum absolute atomic E-state index is 0.0730. The zero-order valence-electron chi connectivity index (χ0n) is 16.7. The second-order valence-corrected chi connectivity index (χ2v) is 10.1. The van der Waals surface area contributed by atoms with E-state index in [0.29, 0.717) is 24.3 Å². The zero-order valence-corrected chi connectivity index (χ0v) is 18.3. The second kappa shape index (κ2) is 8.19. The van der Waals surface area contributed by atoms with Gasteiger partial charge in [0.25, 0.3) is 10.0 Å². The first-order valence-electron chi connectivity index (χ1n) is 9.66. The number of likely N-dealkylation sites (tertiary alicyclic amines) is 1. The van der Waals surface area contributed by atoms with Gasteiger partial charge in [-0.3, -0.25) is 9.52 Å². The average Bonchev–Trinajstić information content (AvgIpc) is 3.41. The van der Waals surface area contributed by atoms with Crippen LogP contribution in [0.1, 0.15) is 41.1 Å². The van der Waals surface area contributed by atoms with Crippen LogP contribution in [0.2, 0.25) is 0 Å². The molecule has 158 valence electrons. The van der Waals surface area contributed by atoms with E-state index in [1.54, 1.807) is 10.3 Å². The van der Waals surface area contributed by atoms with Crippen molar-refractivity contribution in [2.75, 3.05) is 17.8 Å².